The molecule has 1 unspecified atom stereocenters. The molecule has 1 amide bonds. The van der Waals surface area contributed by atoms with Crippen molar-refractivity contribution in [3.05, 3.63) is 28.8 Å². The van der Waals surface area contributed by atoms with Gasteiger partial charge in [-0.15, -0.1) is 0 Å². The highest BCUT2D eigenvalue weighted by Gasteiger charge is 2.25. The average Bonchev–Trinajstić information content (AvgIpc) is 2.77. The van der Waals surface area contributed by atoms with Gasteiger partial charge in [-0.3, -0.25) is 4.79 Å². The van der Waals surface area contributed by atoms with E-state index in [1.807, 2.05) is 0 Å². The maximum Gasteiger partial charge on any atom is 0.255 e. The number of amides is 1. The summed E-state index contributed by atoms with van der Waals surface area (Å²) in [5, 5.41) is 9.83. The van der Waals surface area contributed by atoms with Crippen molar-refractivity contribution >= 4 is 17.5 Å². The predicted octanol–water partition coefficient (Wildman–Crippen LogP) is 2.21. The van der Waals surface area contributed by atoms with Crippen molar-refractivity contribution in [3.63, 3.8) is 0 Å². The Morgan fingerprint density at radius 1 is 1.58 bits per heavy atom. The fourth-order valence-corrected chi connectivity index (χ4v) is 2.69. The zero-order chi connectivity index (χ0) is 14.0. The van der Waals surface area contributed by atoms with E-state index in [9.17, 15) is 9.90 Å². The minimum absolute atomic E-state index is 0.0548. The number of rotatable bonds is 3. The molecule has 104 valence electrons. The molecule has 1 heterocycles. The summed E-state index contributed by atoms with van der Waals surface area (Å²) in [6.07, 6.45) is 2.29. The Bertz CT molecular complexity index is 479. The largest absolute Gasteiger partial charge is 0.508 e. The highest BCUT2D eigenvalue weighted by Crippen LogP contribution is 2.23. The van der Waals surface area contributed by atoms with E-state index < -0.39 is 0 Å². The van der Waals surface area contributed by atoms with Gasteiger partial charge in [0.1, 0.15) is 5.75 Å². The van der Waals surface area contributed by atoms with Crippen LogP contribution in [0, 0.1) is 0 Å². The minimum atomic E-state index is -0.152. The standard InChI is InChI=1S/C14H19ClN2O2/c1-16-7-3-4-10(16)9-17(2)14(19)12-8-11(18)5-6-13(12)15/h5-6,8,10,18H,3-4,7,9H2,1-2H3. The predicted molar refractivity (Wildman–Crippen MR) is 75.7 cm³/mol. The first-order valence-corrected chi connectivity index (χ1v) is 6.81. The van der Waals surface area contributed by atoms with Crippen molar-refractivity contribution in [1.82, 2.24) is 9.80 Å². The van der Waals surface area contributed by atoms with Crippen LogP contribution in [0.5, 0.6) is 5.75 Å². The Kier molecular flexibility index (Phi) is 4.32. The number of nitrogens with zero attached hydrogens (tertiary/aromatic N) is 2. The summed E-state index contributed by atoms with van der Waals surface area (Å²) in [4.78, 5) is 16.3. The molecule has 5 heteroatoms. The first kappa shape index (κ1) is 14.2. The van der Waals surface area contributed by atoms with Gasteiger partial charge in [0.05, 0.1) is 10.6 Å². The first-order chi connectivity index (χ1) is 8.99. The lowest BCUT2D eigenvalue weighted by Gasteiger charge is -2.26. The Labute approximate surface area is 118 Å². The fourth-order valence-electron chi connectivity index (χ4n) is 2.49. The van der Waals surface area contributed by atoms with Gasteiger partial charge in [-0.1, -0.05) is 11.6 Å². The van der Waals surface area contributed by atoms with Crippen molar-refractivity contribution in [2.45, 2.75) is 18.9 Å². The number of phenols is 1. The third-order valence-electron chi connectivity index (χ3n) is 3.68. The van der Waals surface area contributed by atoms with Gasteiger partial charge >= 0.3 is 0 Å². The van der Waals surface area contributed by atoms with Gasteiger partial charge in [-0.05, 0) is 44.6 Å². The Hall–Kier alpha value is -1.26. The lowest BCUT2D eigenvalue weighted by Crippen LogP contribution is -2.39. The number of phenolic OH excluding ortho intramolecular Hbond substituents is 1. The van der Waals surface area contributed by atoms with Crippen LogP contribution in [-0.2, 0) is 0 Å². The van der Waals surface area contributed by atoms with Gasteiger partial charge in [-0.2, -0.15) is 0 Å². The molecule has 2 rings (SSSR count). The van der Waals surface area contributed by atoms with Crippen LogP contribution in [-0.4, -0.2) is 54.0 Å². The van der Waals surface area contributed by atoms with Crippen molar-refractivity contribution in [1.29, 1.82) is 0 Å². The maximum atomic E-state index is 12.3. The van der Waals surface area contributed by atoms with Gasteiger partial charge in [-0.25, -0.2) is 0 Å². The lowest BCUT2D eigenvalue weighted by atomic mass is 10.1. The molecular formula is C14H19ClN2O2. The van der Waals surface area contributed by atoms with E-state index in [2.05, 4.69) is 11.9 Å². The topological polar surface area (TPSA) is 43.8 Å². The minimum Gasteiger partial charge on any atom is -0.508 e. The van der Waals surface area contributed by atoms with Crippen molar-refractivity contribution in [3.8, 4) is 5.75 Å². The van der Waals surface area contributed by atoms with E-state index in [0.717, 1.165) is 13.0 Å². The molecule has 0 aliphatic carbocycles. The number of hydrogen-bond donors (Lipinski definition) is 1. The first-order valence-electron chi connectivity index (χ1n) is 6.43. The number of hydrogen-bond acceptors (Lipinski definition) is 3. The molecule has 0 saturated carbocycles. The van der Waals surface area contributed by atoms with Crippen LogP contribution in [0.15, 0.2) is 18.2 Å². The molecule has 1 aromatic carbocycles. The zero-order valence-corrected chi connectivity index (χ0v) is 12.0. The van der Waals surface area contributed by atoms with Crippen LogP contribution >= 0.6 is 11.6 Å². The van der Waals surface area contributed by atoms with E-state index in [1.54, 1.807) is 18.0 Å². The molecule has 1 aliphatic rings. The molecule has 1 aromatic rings. The third kappa shape index (κ3) is 3.19. The number of carbonyl (C=O) groups excluding carboxylic acids is 1. The molecule has 1 N–H and O–H groups in total. The molecule has 0 aromatic heterocycles. The van der Waals surface area contributed by atoms with Crippen LogP contribution in [0.1, 0.15) is 23.2 Å². The molecule has 19 heavy (non-hydrogen) atoms. The van der Waals surface area contributed by atoms with Crippen molar-refractivity contribution in [2.24, 2.45) is 0 Å². The number of halogens is 1. The number of carbonyl (C=O) groups is 1. The van der Waals surface area contributed by atoms with E-state index in [-0.39, 0.29) is 11.7 Å². The Morgan fingerprint density at radius 2 is 2.32 bits per heavy atom. The van der Waals surface area contributed by atoms with Crippen molar-refractivity contribution in [2.75, 3.05) is 27.2 Å². The lowest BCUT2D eigenvalue weighted by molar-refractivity contribution is 0.0761. The molecule has 1 saturated heterocycles. The zero-order valence-electron chi connectivity index (χ0n) is 11.3. The second-order valence-corrected chi connectivity index (χ2v) is 5.53. The molecule has 1 aliphatic heterocycles. The fraction of sp³-hybridized carbons (Fsp3) is 0.500. The van der Waals surface area contributed by atoms with Crippen LogP contribution in [0.2, 0.25) is 5.02 Å². The van der Waals surface area contributed by atoms with Gasteiger partial charge in [0.15, 0.2) is 0 Å². The number of benzene rings is 1. The monoisotopic (exact) mass is 282 g/mol. The molecule has 0 radical (unpaired) electrons. The Morgan fingerprint density at radius 3 is 2.95 bits per heavy atom. The summed E-state index contributed by atoms with van der Waals surface area (Å²) in [5.41, 5.74) is 0.352. The summed E-state index contributed by atoms with van der Waals surface area (Å²) >= 11 is 6.01. The van der Waals surface area contributed by atoms with Gasteiger partial charge < -0.3 is 14.9 Å². The highest BCUT2D eigenvalue weighted by molar-refractivity contribution is 6.33. The van der Waals surface area contributed by atoms with Crippen LogP contribution in [0.3, 0.4) is 0 Å². The average molecular weight is 283 g/mol. The second-order valence-electron chi connectivity index (χ2n) is 5.13. The molecular weight excluding hydrogens is 264 g/mol. The van der Waals surface area contributed by atoms with E-state index in [0.29, 0.717) is 23.2 Å². The number of likely N-dealkylation sites (tertiary alicyclic amines) is 1. The normalized spacial score (nSPS) is 19.6. The summed E-state index contributed by atoms with van der Waals surface area (Å²) in [5.74, 6) is -0.0969. The summed E-state index contributed by atoms with van der Waals surface area (Å²) in [7, 11) is 3.85. The number of aromatic hydroxyl groups is 1. The second kappa shape index (κ2) is 5.80. The van der Waals surface area contributed by atoms with Crippen LogP contribution < -0.4 is 0 Å². The summed E-state index contributed by atoms with van der Waals surface area (Å²) in [6.45, 7) is 1.76. The maximum absolute atomic E-state index is 12.3. The molecule has 0 spiro atoms. The quantitative estimate of drug-likeness (QED) is 0.924. The summed E-state index contributed by atoms with van der Waals surface area (Å²) < 4.78 is 0. The third-order valence-corrected chi connectivity index (χ3v) is 4.01. The highest BCUT2D eigenvalue weighted by atomic mass is 35.5. The molecule has 1 atom stereocenters. The van der Waals surface area contributed by atoms with E-state index in [1.165, 1.54) is 18.6 Å². The van der Waals surface area contributed by atoms with Gasteiger partial charge in [0.2, 0.25) is 0 Å². The number of likely N-dealkylation sites (N-methyl/N-ethyl adjacent to an activating group) is 2. The van der Waals surface area contributed by atoms with Gasteiger partial charge in [0, 0.05) is 19.6 Å². The van der Waals surface area contributed by atoms with Gasteiger partial charge in [0.25, 0.3) is 5.91 Å². The Balaban J connectivity index is 2.08. The molecule has 0 bridgehead atoms. The van der Waals surface area contributed by atoms with Crippen LogP contribution in [0.4, 0.5) is 0 Å². The SMILES string of the molecule is CN(CC1CCCN1C)C(=O)c1cc(O)ccc1Cl. The van der Waals surface area contributed by atoms with E-state index in [4.69, 9.17) is 11.6 Å². The van der Waals surface area contributed by atoms with E-state index >= 15 is 0 Å². The van der Waals surface area contributed by atoms with Crippen LogP contribution in [0.25, 0.3) is 0 Å². The van der Waals surface area contributed by atoms with Crippen molar-refractivity contribution < 1.29 is 9.90 Å². The molecule has 4 nitrogen and oxygen atoms in total. The smallest absolute Gasteiger partial charge is 0.255 e. The molecule has 1 fully saturated rings. The summed E-state index contributed by atoms with van der Waals surface area (Å²) in [6, 6.07) is 4.84.